The molecular formula is C18H23NO. The molecule has 0 aliphatic carbocycles. The summed E-state index contributed by atoms with van der Waals surface area (Å²) in [5, 5.41) is 13.3. The second-order valence-corrected chi connectivity index (χ2v) is 5.44. The van der Waals surface area contributed by atoms with Crippen molar-refractivity contribution in [2.45, 2.75) is 25.9 Å². The van der Waals surface area contributed by atoms with Crippen molar-refractivity contribution >= 4 is 0 Å². The first kappa shape index (κ1) is 14.8. The summed E-state index contributed by atoms with van der Waals surface area (Å²) in [7, 11) is 0. The van der Waals surface area contributed by atoms with Crippen molar-refractivity contribution in [2.24, 2.45) is 5.92 Å². The first-order valence-electron chi connectivity index (χ1n) is 7.19. The molecule has 0 aromatic heterocycles. The Morgan fingerprint density at radius 1 is 0.850 bits per heavy atom. The Labute approximate surface area is 121 Å². The van der Waals surface area contributed by atoms with Crippen molar-refractivity contribution in [1.29, 1.82) is 0 Å². The molecule has 0 fully saturated rings. The number of rotatable bonds is 6. The van der Waals surface area contributed by atoms with Crippen molar-refractivity contribution in [1.82, 2.24) is 5.32 Å². The maximum Gasteiger partial charge on any atom is 0.0626 e. The Bertz CT molecular complexity index is 495. The third-order valence-electron chi connectivity index (χ3n) is 3.59. The molecule has 0 saturated carbocycles. The summed E-state index contributed by atoms with van der Waals surface area (Å²) in [6.07, 6.45) is 0. The minimum Gasteiger partial charge on any atom is -0.394 e. The van der Waals surface area contributed by atoms with Crippen molar-refractivity contribution in [3.63, 3.8) is 0 Å². The van der Waals surface area contributed by atoms with Gasteiger partial charge in [0.05, 0.1) is 12.6 Å². The zero-order valence-electron chi connectivity index (χ0n) is 12.2. The van der Waals surface area contributed by atoms with Crippen molar-refractivity contribution in [3.05, 3.63) is 71.8 Å². The van der Waals surface area contributed by atoms with E-state index in [1.54, 1.807) is 0 Å². The number of aliphatic hydroxyl groups excluding tert-OH is 1. The Kier molecular flexibility index (Phi) is 5.33. The fraction of sp³-hybridized carbons (Fsp3) is 0.333. The molecule has 2 N–H and O–H groups in total. The zero-order chi connectivity index (χ0) is 14.4. The second-order valence-electron chi connectivity index (χ2n) is 5.44. The molecule has 0 unspecified atom stereocenters. The Balaban J connectivity index is 2.19. The van der Waals surface area contributed by atoms with E-state index in [2.05, 4.69) is 55.6 Å². The van der Waals surface area contributed by atoms with Crippen LogP contribution in [0.25, 0.3) is 0 Å². The topological polar surface area (TPSA) is 32.3 Å². The highest BCUT2D eigenvalue weighted by molar-refractivity contribution is 5.23. The summed E-state index contributed by atoms with van der Waals surface area (Å²) in [4.78, 5) is 0. The number of nitrogens with one attached hydrogen (secondary N) is 1. The van der Waals surface area contributed by atoms with Gasteiger partial charge in [0.25, 0.3) is 0 Å². The zero-order valence-corrected chi connectivity index (χ0v) is 12.2. The first-order valence-corrected chi connectivity index (χ1v) is 7.19. The van der Waals surface area contributed by atoms with E-state index in [0.717, 1.165) is 5.56 Å². The van der Waals surface area contributed by atoms with Crippen LogP contribution in [0.3, 0.4) is 0 Å². The van der Waals surface area contributed by atoms with E-state index in [0.29, 0.717) is 5.92 Å². The highest BCUT2D eigenvalue weighted by atomic mass is 16.3. The van der Waals surface area contributed by atoms with Crippen LogP contribution >= 0.6 is 0 Å². The van der Waals surface area contributed by atoms with Gasteiger partial charge < -0.3 is 10.4 Å². The van der Waals surface area contributed by atoms with Gasteiger partial charge in [-0.25, -0.2) is 0 Å². The lowest BCUT2D eigenvalue weighted by molar-refractivity contribution is 0.221. The Morgan fingerprint density at radius 3 is 1.80 bits per heavy atom. The maximum atomic E-state index is 9.69. The lowest BCUT2D eigenvalue weighted by Gasteiger charge is -2.28. The average Bonchev–Trinajstić information content (AvgIpc) is 2.50. The van der Waals surface area contributed by atoms with Gasteiger partial charge in [-0.2, -0.15) is 0 Å². The second kappa shape index (κ2) is 7.22. The third kappa shape index (κ3) is 3.69. The predicted octanol–water partition coefficient (Wildman–Crippen LogP) is 3.71. The molecule has 0 radical (unpaired) electrons. The molecule has 0 spiro atoms. The predicted molar refractivity (Wildman–Crippen MR) is 83.4 cm³/mol. The molecule has 0 aliphatic heterocycles. The number of benzene rings is 2. The van der Waals surface area contributed by atoms with E-state index >= 15 is 0 Å². The SMILES string of the molecule is CC(C)[C@@H](N[C@@H](CO)c1ccccc1)c1ccccc1. The van der Waals surface area contributed by atoms with Crippen LogP contribution in [-0.2, 0) is 0 Å². The van der Waals surface area contributed by atoms with Gasteiger partial charge in [-0.3, -0.25) is 0 Å². The summed E-state index contributed by atoms with van der Waals surface area (Å²) in [6, 6.07) is 20.7. The molecule has 2 aromatic carbocycles. The van der Waals surface area contributed by atoms with Crippen LogP contribution in [0.15, 0.2) is 60.7 Å². The van der Waals surface area contributed by atoms with E-state index in [9.17, 15) is 5.11 Å². The van der Waals surface area contributed by atoms with Gasteiger partial charge >= 0.3 is 0 Å². The number of hydrogen-bond acceptors (Lipinski definition) is 2. The lowest BCUT2D eigenvalue weighted by Crippen LogP contribution is -2.31. The standard InChI is InChI=1S/C18H23NO/c1-14(2)18(16-11-7-4-8-12-16)19-17(13-20)15-9-5-3-6-10-15/h3-12,14,17-20H,13H2,1-2H3/t17-,18+/m0/s1. The monoisotopic (exact) mass is 269 g/mol. The Hall–Kier alpha value is -1.64. The average molecular weight is 269 g/mol. The fourth-order valence-corrected chi connectivity index (χ4v) is 2.49. The van der Waals surface area contributed by atoms with Crippen molar-refractivity contribution in [2.75, 3.05) is 6.61 Å². The van der Waals surface area contributed by atoms with Crippen molar-refractivity contribution in [3.8, 4) is 0 Å². The van der Waals surface area contributed by atoms with Gasteiger partial charge in [0.15, 0.2) is 0 Å². The third-order valence-corrected chi connectivity index (χ3v) is 3.59. The van der Waals surface area contributed by atoms with Crippen LogP contribution in [-0.4, -0.2) is 11.7 Å². The van der Waals surface area contributed by atoms with E-state index in [-0.39, 0.29) is 18.7 Å². The first-order chi connectivity index (χ1) is 9.72. The van der Waals surface area contributed by atoms with Crippen LogP contribution in [0.2, 0.25) is 0 Å². The smallest absolute Gasteiger partial charge is 0.0626 e. The van der Waals surface area contributed by atoms with E-state index in [1.807, 2.05) is 24.3 Å². The van der Waals surface area contributed by atoms with E-state index < -0.39 is 0 Å². The molecule has 0 saturated heterocycles. The van der Waals surface area contributed by atoms with Gasteiger partial charge in [0, 0.05) is 6.04 Å². The highest BCUT2D eigenvalue weighted by Gasteiger charge is 2.20. The molecule has 2 nitrogen and oxygen atoms in total. The fourth-order valence-electron chi connectivity index (χ4n) is 2.49. The molecule has 0 heterocycles. The molecule has 2 aromatic rings. The van der Waals surface area contributed by atoms with Crippen LogP contribution in [0.5, 0.6) is 0 Å². The molecule has 106 valence electrons. The van der Waals surface area contributed by atoms with Crippen LogP contribution in [0.4, 0.5) is 0 Å². The lowest BCUT2D eigenvalue weighted by atomic mass is 9.94. The molecule has 2 rings (SSSR count). The minimum absolute atomic E-state index is 0.0381. The van der Waals surface area contributed by atoms with Gasteiger partial charge in [-0.15, -0.1) is 0 Å². The largest absolute Gasteiger partial charge is 0.394 e. The molecular weight excluding hydrogens is 246 g/mol. The van der Waals surface area contributed by atoms with Crippen LogP contribution < -0.4 is 5.32 Å². The summed E-state index contributed by atoms with van der Waals surface area (Å²) < 4.78 is 0. The number of aliphatic hydroxyl groups is 1. The Morgan fingerprint density at radius 2 is 1.35 bits per heavy atom. The van der Waals surface area contributed by atoms with Gasteiger partial charge in [0.1, 0.15) is 0 Å². The summed E-state index contributed by atoms with van der Waals surface area (Å²) in [5.41, 5.74) is 2.38. The molecule has 0 aliphatic rings. The highest BCUT2D eigenvalue weighted by Crippen LogP contribution is 2.25. The molecule has 20 heavy (non-hydrogen) atoms. The minimum atomic E-state index is -0.0381. The van der Waals surface area contributed by atoms with Crippen molar-refractivity contribution < 1.29 is 5.11 Å². The van der Waals surface area contributed by atoms with Gasteiger partial charge in [0.2, 0.25) is 0 Å². The van der Waals surface area contributed by atoms with Gasteiger partial charge in [-0.05, 0) is 17.0 Å². The van der Waals surface area contributed by atoms with Gasteiger partial charge in [-0.1, -0.05) is 74.5 Å². The maximum absolute atomic E-state index is 9.69. The molecule has 2 heteroatoms. The summed E-state index contributed by atoms with van der Waals surface area (Å²) in [6.45, 7) is 4.49. The summed E-state index contributed by atoms with van der Waals surface area (Å²) in [5.74, 6) is 0.454. The normalized spacial score (nSPS) is 14.2. The number of hydrogen-bond donors (Lipinski definition) is 2. The van der Waals surface area contributed by atoms with E-state index in [1.165, 1.54) is 5.56 Å². The van der Waals surface area contributed by atoms with E-state index in [4.69, 9.17) is 0 Å². The van der Waals surface area contributed by atoms with Crippen LogP contribution in [0.1, 0.15) is 37.1 Å². The quantitative estimate of drug-likeness (QED) is 0.838. The molecule has 2 atom stereocenters. The summed E-state index contributed by atoms with van der Waals surface area (Å²) >= 11 is 0. The molecule has 0 bridgehead atoms. The van der Waals surface area contributed by atoms with Crippen LogP contribution in [0, 0.1) is 5.92 Å². The molecule has 0 amide bonds.